The summed E-state index contributed by atoms with van der Waals surface area (Å²) in [6.07, 6.45) is 5.62. The third-order valence-electron chi connectivity index (χ3n) is 5.10. The fourth-order valence-corrected chi connectivity index (χ4v) is 4.21. The van der Waals surface area contributed by atoms with Crippen LogP contribution in [0, 0.1) is 5.92 Å². The van der Waals surface area contributed by atoms with Gasteiger partial charge in [0.15, 0.2) is 0 Å². The average Bonchev–Trinajstić information content (AvgIpc) is 3.10. The van der Waals surface area contributed by atoms with E-state index in [4.69, 9.17) is 0 Å². The molecule has 3 nitrogen and oxygen atoms in total. The van der Waals surface area contributed by atoms with Crippen molar-refractivity contribution < 1.29 is 4.79 Å². The molecule has 2 aliphatic rings. The van der Waals surface area contributed by atoms with Crippen LogP contribution in [0.25, 0.3) is 0 Å². The lowest BCUT2D eigenvalue weighted by molar-refractivity contribution is 0.0963. The number of rotatable bonds is 2. The third kappa shape index (κ3) is 2.46. The lowest BCUT2D eigenvalue weighted by atomic mass is 9.76. The van der Waals surface area contributed by atoms with Crippen LogP contribution >= 0.6 is 15.9 Å². The summed E-state index contributed by atoms with van der Waals surface area (Å²) >= 11 is 3.51. The Morgan fingerprint density at radius 2 is 2.00 bits per heavy atom. The van der Waals surface area contributed by atoms with Crippen molar-refractivity contribution in [2.75, 3.05) is 12.4 Å². The monoisotopic (exact) mass is 382 g/mol. The number of hydrogen-bond donors (Lipinski definition) is 2. The summed E-state index contributed by atoms with van der Waals surface area (Å²) < 4.78 is 1.08. The van der Waals surface area contributed by atoms with Crippen LogP contribution in [0.2, 0.25) is 0 Å². The molecule has 0 saturated carbocycles. The molecule has 3 unspecified atom stereocenters. The minimum atomic E-state index is -0.0469. The first-order valence-corrected chi connectivity index (χ1v) is 9.02. The van der Waals surface area contributed by atoms with E-state index in [-0.39, 0.29) is 11.9 Å². The number of halogens is 1. The molecule has 0 fully saturated rings. The first-order valence-electron chi connectivity index (χ1n) is 8.22. The van der Waals surface area contributed by atoms with Crippen LogP contribution in [0.1, 0.15) is 39.9 Å². The van der Waals surface area contributed by atoms with Crippen LogP contribution in [-0.4, -0.2) is 13.0 Å². The summed E-state index contributed by atoms with van der Waals surface area (Å²) in [6, 6.07) is 14.7. The number of para-hydroxylation sites is 1. The Bertz CT molecular complexity index is 813. The summed E-state index contributed by atoms with van der Waals surface area (Å²) in [7, 11) is 1.68. The molecule has 122 valence electrons. The van der Waals surface area contributed by atoms with E-state index in [1.54, 1.807) is 7.05 Å². The predicted octanol–water partition coefficient (Wildman–Crippen LogP) is 4.64. The van der Waals surface area contributed by atoms with E-state index < -0.39 is 0 Å². The quantitative estimate of drug-likeness (QED) is 0.743. The van der Waals surface area contributed by atoms with Crippen molar-refractivity contribution in [2.45, 2.75) is 18.4 Å². The first kappa shape index (κ1) is 15.5. The minimum Gasteiger partial charge on any atom is -0.377 e. The van der Waals surface area contributed by atoms with Crippen molar-refractivity contribution in [3.63, 3.8) is 0 Å². The van der Waals surface area contributed by atoms with Crippen LogP contribution in [0.5, 0.6) is 0 Å². The molecule has 3 atom stereocenters. The van der Waals surface area contributed by atoms with Gasteiger partial charge in [-0.05, 0) is 41.7 Å². The molecule has 0 radical (unpaired) electrons. The van der Waals surface area contributed by atoms with E-state index in [2.05, 4.69) is 69.0 Å². The molecular weight excluding hydrogens is 364 g/mol. The predicted molar refractivity (Wildman–Crippen MR) is 100 cm³/mol. The van der Waals surface area contributed by atoms with Gasteiger partial charge in [-0.1, -0.05) is 52.3 Å². The highest BCUT2D eigenvalue weighted by molar-refractivity contribution is 9.10. The van der Waals surface area contributed by atoms with Crippen molar-refractivity contribution in [1.82, 2.24) is 5.32 Å². The van der Waals surface area contributed by atoms with Gasteiger partial charge in [-0.3, -0.25) is 4.79 Å². The summed E-state index contributed by atoms with van der Waals surface area (Å²) in [4.78, 5) is 12.3. The number of nitrogens with one attached hydrogen (secondary N) is 2. The van der Waals surface area contributed by atoms with Crippen molar-refractivity contribution in [3.8, 4) is 0 Å². The first-order chi connectivity index (χ1) is 11.7. The third-order valence-corrected chi connectivity index (χ3v) is 5.63. The van der Waals surface area contributed by atoms with Gasteiger partial charge < -0.3 is 10.6 Å². The van der Waals surface area contributed by atoms with Gasteiger partial charge >= 0.3 is 0 Å². The topological polar surface area (TPSA) is 41.1 Å². The van der Waals surface area contributed by atoms with Crippen LogP contribution in [0.15, 0.2) is 59.1 Å². The second kappa shape index (κ2) is 6.10. The summed E-state index contributed by atoms with van der Waals surface area (Å²) in [5, 5.41) is 6.42. The number of anilines is 1. The van der Waals surface area contributed by atoms with Crippen molar-refractivity contribution >= 4 is 27.5 Å². The molecule has 2 aromatic rings. The molecule has 4 rings (SSSR count). The Balaban J connectivity index is 1.82. The lowest BCUT2D eigenvalue weighted by Crippen LogP contribution is -2.31. The van der Waals surface area contributed by atoms with Gasteiger partial charge in [0.05, 0.1) is 17.3 Å². The highest BCUT2D eigenvalue weighted by Crippen LogP contribution is 2.50. The molecular formula is C20H19BrN2O. The molecule has 1 amide bonds. The van der Waals surface area contributed by atoms with Gasteiger partial charge in [0.1, 0.15) is 0 Å². The van der Waals surface area contributed by atoms with Crippen LogP contribution in [0.3, 0.4) is 0 Å². The Kier molecular flexibility index (Phi) is 3.93. The van der Waals surface area contributed by atoms with Gasteiger partial charge in [0.25, 0.3) is 5.91 Å². The second-order valence-electron chi connectivity index (χ2n) is 6.38. The molecule has 2 aromatic carbocycles. The Hall–Kier alpha value is -2.07. The smallest absolute Gasteiger partial charge is 0.253 e. The SMILES string of the molecule is CNC(=O)c1cccc2c1NC(c1ccc(Br)cc1)C1CC=CC21. The summed E-state index contributed by atoms with van der Waals surface area (Å²) in [5.74, 6) is 0.799. The number of hydrogen-bond acceptors (Lipinski definition) is 2. The van der Waals surface area contributed by atoms with Gasteiger partial charge in [-0.2, -0.15) is 0 Å². The van der Waals surface area contributed by atoms with Crippen molar-refractivity contribution in [1.29, 1.82) is 0 Å². The molecule has 1 heterocycles. The fourth-order valence-electron chi connectivity index (χ4n) is 3.95. The maximum absolute atomic E-state index is 12.3. The number of carbonyl (C=O) groups is 1. The second-order valence-corrected chi connectivity index (χ2v) is 7.29. The van der Waals surface area contributed by atoms with Crippen molar-refractivity contribution in [3.05, 3.63) is 75.8 Å². The molecule has 1 aliphatic carbocycles. The Morgan fingerprint density at radius 3 is 2.75 bits per heavy atom. The fraction of sp³-hybridized carbons (Fsp3) is 0.250. The zero-order chi connectivity index (χ0) is 16.7. The highest BCUT2D eigenvalue weighted by atomic mass is 79.9. The van der Waals surface area contributed by atoms with Crippen molar-refractivity contribution in [2.24, 2.45) is 5.92 Å². The zero-order valence-corrected chi connectivity index (χ0v) is 15.0. The van der Waals surface area contributed by atoms with Crippen LogP contribution in [-0.2, 0) is 0 Å². The number of benzene rings is 2. The maximum atomic E-state index is 12.3. The molecule has 0 aromatic heterocycles. The maximum Gasteiger partial charge on any atom is 0.253 e. The molecule has 0 saturated heterocycles. The normalized spacial score (nSPS) is 24.0. The van der Waals surface area contributed by atoms with E-state index in [1.807, 2.05) is 12.1 Å². The zero-order valence-electron chi connectivity index (χ0n) is 13.4. The van der Waals surface area contributed by atoms with Crippen LogP contribution in [0.4, 0.5) is 5.69 Å². The molecule has 1 aliphatic heterocycles. The van der Waals surface area contributed by atoms with E-state index in [0.29, 0.717) is 11.8 Å². The molecule has 24 heavy (non-hydrogen) atoms. The summed E-state index contributed by atoms with van der Waals surface area (Å²) in [5.41, 5.74) is 4.17. The van der Waals surface area contributed by atoms with E-state index in [1.165, 1.54) is 11.1 Å². The number of allylic oxidation sites excluding steroid dienone is 2. The largest absolute Gasteiger partial charge is 0.377 e. The number of carbonyl (C=O) groups excluding carboxylic acids is 1. The lowest BCUT2D eigenvalue weighted by Gasteiger charge is -2.38. The van der Waals surface area contributed by atoms with Gasteiger partial charge in [-0.25, -0.2) is 0 Å². The Labute approximate surface area is 150 Å². The van der Waals surface area contributed by atoms with Gasteiger partial charge in [0.2, 0.25) is 0 Å². The molecule has 4 heteroatoms. The standard InChI is InChI=1S/C20H19BrN2O/c1-22-20(24)17-7-3-6-16-14-4-2-5-15(14)18(23-19(16)17)12-8-10-13(21)11-9-12/h2-4,6-11,14-15,18,23H,5H2,1H3,(H,22,24). The van der Waals surface area contributed by atoms with Crippen LogP contribution < -0.4 is 10.6 Å². The van der Waals surface area contributed by atoms with Gasteiger partial charge in [0, 0.05) is 17.4 Å². The average molecular weight is 383 g/mol. The minimum absolute atomic E-state index is 0.0469. The molecule has 2 N–H and O–H groups in total. The number of amides is 1. The number of fused-ring (bicyclic) bond motifs is 3. The van der Waals surface area contributed by atoms with E-state index >= 15 is 0 Å². The Morgan fingerprint density at radius 1 is 1.21 bits per heavy atom. The van der Waals surface area contributed by atoms with E-state index in [0.717, 1.165) is 22.1 Å². The van der Waals surface area contributed by atoms with E-state index in [9.17, 15) is 4.79 Å². The molecule has 0 spiro atoms. The summed E-state index contributed by atoms with van der Waals surface area (Å²) in [6.45, 7) is 0. The molecule has 0 bridgehead atoms. The highest BCUT2D eigenvalue weighted by Gasteiger charge is 2.39. The van der Waals surface area contributed by atoms with Gasteiger partial charge in [-0.15, -0.1) is 0 Å².